The number of nitrogens with zero attached hydrogens (tertiary/aromatic N) is 4. The fraction of sp³-hybridized carbons (Fsp3) is 0.429. The molecular formula is C7H9ClN4O3. The lowest BCUT2D eigenvalue weighted by Gasteiger charge is -2.14. The van der Waals surface area contributed by atoms with Crippen molar-refractivity contribution in [1.29, 1.82) is 0 Å². The number of hydrogen-bond acceptors (Lipinski definition) is 6. The van der Waals surface area contributed by atoms with Gasteiger partial charge in [0.05, 0.1) is 7.11 Å². The maximum atomic E-state index is 10.4. The largest absolute Gasteiger partial charge is 0.480 e. The molecule has 0 aliphatic rings. The molecule has 0 bridgehead atoms. The van der Waals surface area contributed by atoms with Gasteiger partial charge in [-0.15, -0.1) is 0 Å². The zero-order valence-corrected chi connectivity index (χ0v) is 8.89. The second-order valence-corrected chi connectivity index (χ2v) is 2.98. The first-order valence-corrected chi connectivity index (χ1v) is 4.29. The Labute approximate surface area is 90.7 Å². The topological polar surface area (TPSA) is 88.4 Å². The van der Waals surface area contributed by atoms with Crippen molar-refractivity contribution in [3.05, 3.63) is 5.28 Å². The zero-order chi connectivity index (χ0) is 11.4. The van der Waals surface area contributed by atoms with E-state index in [0.717, 1.165) is 0 Å². The minimum absolute atomic E-state index is 0.0437. The third-order valence-corrected chi connectivity index (χ3v) is 1.64. The van der Waals surface area contributed by atoms with Gasteiger partial charge in [-0.25, -0.2) is 0 Å². The molecule has 1 heterocycles. The van der Waals surface area contributed by atoms with Crippen LogP contribution in [-0.2, 0) is 4.79 Å². The maximum absolute atomic E-state index is 10.4. The van der Waals surface area contributed by atoms with E-state index < -0.39 is 5.97 Å². The molecular weight excluding hydrogens is 224 g/mol. The number of methoxy groups -OCH3 is 1. The van der Waals surface area contributed by atoms with Gasteiger partial charge in [-0.05, 0) is 11.6 Å². The zero-order valence-electron chi connectivity index (χ0n) is 8.14. The van der Waals surface area contributed by atoms with Crippen molar-refractivity contribution in [2.45, 2.75) is 0 Å². The van der Waals surface area contributed by atoms with Crippen LogP contribution in [0.2, 0.25) is 5.28 Å². The third kappa shape index (κ3) is 3.21. The van der Waals surface area contributed by atoms with Crippen molar-refractivity contribution in [3.63, 3.8) is 0 Å². The smallest absolute Gasteiger partial charge is 0.323 e. The Hall–Kier alpha value is -1.63. The van der Waals surface area contributed by atoms with Gasteiger partial charge in [0, 0.05) is 7.05 Å². The van der Waals surface area contributed by atoms with Crippen LogP contribution in [-0.4, -0.2) is 46.7 Å². The predicted octanol–water partition coefficient (Wildman–Crippen LogP) is 0.0544. The Kier molecular flexibility index (Phi) is 3.62. The molecule has 0 radical (unpaired) electrons. The number of halogens is 1. The van der Waals surface area contributed by atoms with E-state index in [4.69, 9.17) is 21.4 Å². The quantitative estimate of drug-likeness (QED) is 0.785. The van der Waals surface area contributed by atoms with Crippen LogP contribution >= 0.6 is 11.6 Å². The van der Waals surface area contributed by atoms with Crippen LogP contribution in [0.25, 0.3) is 0 Å². The molecule has 1 N–H and O–H groups in total. The molecule has 0 fully saturated rings. The molecule has 0 amide bonds. The first-order chi connectivity index (χ1) is 7.02. The summed E-state index contributed by atoms with van der Waals surface area (Å²) in [4.78, 5) is 23.0. The van der Waals surface area contributed by atoms with E-state index in [-0.39, 0.29) is 23.8 Å². The van der Waals surface area contributed by atoms with Gasteiger partial charge in [-0.2, -0.15) is 15.0 Å². The van der Waals surface area contributed by atoms with E-state index in [1.807, 2.05) is 0 Å². The summed E-state index contributed by atoms with van der Waals surface area (Å²) in [6.45, 7) is -0.233. The summed E-state index contributed by atoms with van der Waals surface area (Å²) in [5, 5.41) is 8.52. The number of likely N-dealkylation sites (N-methyl/N-ethyl adjacent to an activating group) is 1. The van der Waals surface area contributed by atoms with Crippen LogP contribution in [0.3, 0.4) is 0 Å². The second kappa shape index (κ2) is 4.74. The number of aliphatic carboxylic acids is 1. The SMILES string of the molecule is COc1nc(Cl)nc(N(C)CC(=O)O)n1. The van der Waals surface area contributed by atoms with E-state index in [1.54, 1.807) is 0 Å². The van der Waals surface area contributed by atoms with Gasteiger partial charge in [0.15, 0.2) is 0 Å². The van der Waals surface area contributed by atoms with Crippen LogP contribution in [0.5, 0.6) is 6.01 Å². The molecule has 0 unspecified atom stereocenters. The van der Waals surface area contributed by atoms with Crippen LogP contribution in [0.4, 0.5) is 5.95 Å². The van der Waals surface area contributed by atoms with Crippen molar-refractivity contribution >= 4 is 23.5 Å². The van der Waals surface area contributed by atoms with Crippen molar-refractivity contribution in [2.75, 3.05) is 25.6 Å². The van der Waals surface area contributed by atoms with E-state index in [0.29, 0.717) is 0 Å². The highest BCUT2D eigenvalue weighted by molar-refractivity contribution is 6.28. The van der Waals surface area contributed by atoms with Gasteiger partial charge in [0.2, 0.25) is 11.2 Å². The Balaban J connectivity index is 2.92. The number of hydrogen-bond donors (Lipinski definition) is 1. The summed E-state index contributed by atoms with van der Waals surface area (Å²) >= 11 is 5.59. The molecule has 0 aliphatic heterocycles. The molecule has 0 aromatic carbocycles. The molecule has 1 aromatic heterocycles. The molecule has 0 atom stereocenters. The lowest BCUT2D eigenvalue weighted by Crippen LogP contribution is -2.27. The van der Waals surface area contributed by atoms with E-state index in [2.05, 4.69) is 15.0 Å². The lowest BCUT2D eigenvalue weighted by molar-refractivity contribution is -0.135. The first kappa shape index (κ1) is 11.4. The van der Waals surface area contributed by atoms with Gasteiger partial charge >= 0.3 is 12.0 Å². The molecule has 82 valence electrons. The number of carboxylic acids is 1. The molecule has 0 aliphatic carbocycles. The average molecular weight is 233 g/mol. The number of rotatable bonds is 4. The summed E-state index contributed by atoms with van der Waals surface area (Å²) < 4.78 is 4.77. The molecule has 1 rings (SSSR count). The minimum Gasteiger partial charge on any atom is -0.480 e. The van der Waals surface area contributed by atoms with Gasteiger partial charge in [0.25, 0.3) is 0 Å². The van der Waals surface area contributed by atoms with E-state index >= 15 is 0 Å². The standard InChI is InChI=1S/C7H9ClN4O3/c1-12(3-4(13)14)6-9-5(8)10-7(11-6)15-2/h3H2,1-2H3,(H,13,14). The van der Waals surface area contributed by atoms with Crippen LogP contribution in [0, 0.1) is 0 Å². The van der Waals surface area contributed by atoms with E-state index in [9.17, 15) is 4.79 Å². The van der Waals surface area contributed by atoms with Gasteiger partial charge < -0.3 is 14.7 Å². The molecule has 15 heavy (non-hydrogen) atoms. The van der Waals surface area contributed by atoms with E-state index in [1.165, 1.54) is 19.1 Å². The summed E-state index contributed by atoms with van der Waals surface area (Å²) in [6, 6.07) is 0.0437. The Bertz CT molecular complexity index is 373. The summed E-state index contributed by atoms with van der Waals surface area (Å²) in [7, 11) is 2.91. The highest BCUT2D eigenvalue weighted by Gasteiger charge is 2.11. The fourth-order valence-electron chi connectivity index (χ4n) is 0.858. The molecule has 0 saturated carbocycles. The number of ether oxygens (including phenoxy) is 1. The number of aromatic nitrogens is 3. The maximum Gasteiger partial charge on any atom is 0.323 e. The first-order valence-electron chi connectivity index (χ1n) is 3.91. The minimum atomic E-state index is -0.993. The summed E-state index contributed by atoms with van der Waals surface area (Å²) in [5.74, 6) is -0.845. The normalized spacial score (nSPS) is 9.80. The van der Waals surface area contributed by atoms with Crippen LogP contribution in [0.1, 0.15) is 0 Å². The number of carboxylic acid groups (broad SMARTS) is 1. The lowest BCUT2D eigenvalue weighted by atomic mass is 10.6. The van der Waals surface area contributed by atoms with Gasteiger partial charge in [-0.3, -0.25) is 4.79 Å². The fourth-order valence-corrected chi connectivity index (χ4v) is 1.01. The van der Waals surface area contributed by atoms with Gasteiger partial charge in [-0.1, -0.05) is 0 Å². The molecule has 7 nitrogen and oxygen atoms in total. The number of anilines is 1. The summed E-state index contributed by atoms with van der Waals surface area (Å²) in [5.41, 5.74) is 0. The monoisotopic (exact) mass is 232 g/mol. The predicted molar refractivity (Wildman–Crippen MR) is 52.3 cm³/mol. The molecule has 1 aromatic rings. The molecule has 0 spiro atoms. The van der Waals surface area contributed by atoms with Crippen molar-refractivity contribution in [1.82, 2.24) is 15.0 Å². The Morgan fingerprint density at radius 1 is 1.53 bits per heavy atom. The van der Waals surface area contributed by atoms with Crippen LogP contribution in [0.15, 0.2) is 0 Å². The van der Waals surface area contributed by atoms with Crippen molar-refractivity contribution in [2.24, 2.45) is 0 Å². The number of carbonyl (C=O) groups is 1. The van der Waals surface area contributed by atoms with Crippen molar-refractivity contribution in [3.8, 4) is 6.01 Å². The Morgan fingerprint density at radius 3 is 2.73 bits per heavy atom. The second-order valence-electron chi connectivity index (χ2n) is 2.64. The molecule has 0 saturated heterocycles. The van der Waals surface area contributed by atoms with Crippen LogP contribution < -0.4 is 9.64 Å². The molecule has 8 heteroatoms. The average Bonchev–Trinajstić information content (AvgIpc) is 2.15. The summed E-state index contributed by atoms with van der Waals surface area (Å²) in [6.07, 6.45) is 0. The third-order valence-electron chi connectivity index (χ3n) is 1.47. The highest BCUT2D eigenvalue weighted by atomic mass is 35.5. The van der Waals surface area contributed by atoms with Crippen molar-refractivity contribution < 1.29 is 14.6 Å². The Morgan fingerprint density at radius 2 is 2.20 bits per heavy atom. The van der Waals surface area contributed by atoms with Gasteiger partial charge in [0.1, 0.15) is 6.54 Å². The highest BCUT2D eigenvalue weighted by Crippen LogP contribution is 2.13.